The van der Waals surface area contributed by atoms with Crippen LogP contribution in [0.15, 0.2) is 30.6 Å². The Balaban J connectivity index is 2.01. The van der Waals surface area contributed by atoms with Gasteiger partial charge in [0.25, 0.3) is 0 Å². The topological polar surface area (TPSA) is 70.3 Å². The predicted molar refractivity (Wildman–Crippen MR) is 67.5 cm³/mol. The van der Waals surface area contributed by atoms with Crippen LogP contribution in [0.1, 0.15) is 6.42 Å². The molecule has 5 heteroatoms. The second-order valence-electron chi connectivity index (χ2n) is 4.04. The highest BCUT2D eigenvalue weighted by atomic mass is 16.5. The van der Waals surface area contributed by atoms with Crippen LogP contribution in [-0.2, 0) is 0 Å². The Kier molecular flexibility index (Phi) is 2.72. The SMILES string of the molecule is Nc1cncc(-c2ccc3c(c2)OCCCO3)n1. The van der Waals surface area contributed by atoms with E-state index in [1.54, 1.807) is 6.20 Å². The number of nitrogens with two attached hydrogens (primary N) is 1. The van der Waals surface area contributed by atoms with E-state index in [4.69, 9.17) is 15.2 Å². The number of nitrogens with zero attached hydrogens (tertiary/aromatic N) is 2. The molecule has 3 rings (SSSR count). The average molecular weight is 243 g/mol. The molecule has 0 aliphatic carbocycles. The molecule has 92 valence electrons. The maximum absolute atomic E-state index is 5.64. The number of rotatable bonds is 1. The van der Waals surface area contributed by atoms with Crippen molar-refractivity contribution in [3.8, 4) is 22.8 Å². The molecule has 0 radical (unpaired) electrons. The van der Waals surface area contributed by atoms with Gasteiger partial charge in [0, 0.05) is 12.0 Å². The van der Waals surface area contributed by atoms with Crippen LogP contribution in [-0.4, -0.2) is 23.2 Å². The van der Waals surface area contributed by atoms with E-state index in [0.29, 0.717) is 19.0 Å². The molecule has 0 saturated carbocycles. The van der Waals surface area contributed by atoms with Gasteiger partial charge in [-0.05, 0) is 18.2 Å². The van der Waals surface area contributed by atoms with Crippen LogP contribution in [0.4, 0.5) is 5.82 Å². The summed E-state index contributed by atoms with van der Waals surface area (Å²) in [5.74, 6) is 1.92. The number of anilines is 1. The van der Waals surface area contributed by atoms with E-state index in [2.05, 4.69) is 9.97 Å². The predicted octanol–water partition coefficient (Wildman–Crippen LogP) is 1.89. The fraction of sp³-hybridized carbons (Fsp3) is 0.231. The van der Waals surface area contributed by atoms with Gasteiger partial charge >= 0.3 is 0 Å². The number of nitrogen functional groups attached to an aromatic ring is 1. The van der Waals surface area contributed by atoms with Gasteiger partial charge in [-0.15, -0.1) is 0 Å². The first-order valence-corrected chi connectivity index (χ1v) is 5.80. The molecule has 1 aromatic heterocycles. The molecule has 2 aromatic rings. The molecule has 1 aliphatic rings. The van der Waals surface area contributed by atoms with E-state index in [1.807, 2.05) is 18.2 Å². The summed E-state index contributed by atoms with van der Waals surface area (Å²) in [5, 5.41) is 0. The first kappa shape index (κ1) is 10.8. The molecule has 0 saturated heterocycles. The van der Waals surface area contributed by atoms with Crippen molar-refractivity contribution in [3.05, 3.63) is 30.6 Å². The van der Waals surface area contributed by atoms with Crippen molar-refractivity contribution in [2.24, 2.45) is 0 Å². The summed E-state index contributed by atoms with van der Waals surface area (Å²) in [6.45, 7) is 1.35. The minimum atomic E-state index is 0.402. The Hall–Kier alpha value is -2.30. The summed E-state index contributed by atoms with van der Waals surface area (Å²) >= 11 is 0. The van der Waals surface area contributed by atoms with E-state index in [9.17, 15) is 0 Å². The summed E-state index contributed by atoms with van der Waals surface area (Å²) in [4.78, 5) is 8.27. The molecule has 0 amide bonds. The number of hydrogen-bond donors (Lipinski definition) is 1. The molecule has 5 nitrogen and oxygen atoms in total. The largest absolute Gasteiger partial charge is 0.490 e. The maximum atomic E-state index is 5.64. The summed E-state index contributed by atoms with van der Waals surface area (Å²) < 4.78 is 11.2. The number of benzene rings is 1. The number of hydrogen-bond acceptors (Lipinski definition) is 5. The van der Waals surface area contributed by atoms with Crippen molar-refractivity contribution in [2.45, 2.75) is 6.42 Å². The Labute approximate surface area is 105 Å². The highest BCUT2D eigenvalue weighted by Crippen LogP contribution is 2.33. The van der Waals surface area contributed by atoms with Crippen molar-refractivity contribution in [2.75, 3.05) is 18.9 Å². The van der Waals surface area contributed by atoms with Gasteiger partial charge in [0.15, 0.2) is 11.5 Å². The molecule has 2 N–H and O–H groups in total. The second-order valence-corrected chi connectivity index (χ2v) is 4.04. The van der Waals surface area contributed by atoms with E-state index in [-0.39, 0.29) is 0 Å². The molecule has 1 aliphatic heterocycles. The Morgan fingerprint density at radius 2 is 1.89 bits per heavy atom. The monoisotopic (exact) mass is 243 g/mol. The molecule has 18 heavy (non-hydrogen) atoms. The smallest absolute Gasteiger partial charge is 0.161 e. The first-order valence-electron chi connectivity index (χ1n) is 5.80. The normalized spacial score (nSPS) is 14.0. The lowest BCUT2D eigenvalue weighted by molar-refractivity contribution is 0.297. The molecule has 0 atom stereocenters. The van der Waals surface area contributed by atoms with Crippen molar-refractivity contribution in [1.29, 1.82) is 0 Å². The van der Waals surface area contributed by atoms with Gasteiger partial charge in [0.05, 0.1) is 31.3 Å². The summed E-state index contributed by atoms with van der Waals surface area (Å²) in [6, 6.07) is 5.72. The quantitative estimate of drug-likeness (QED) is 0.828. The fourth-order valence-electron chi connectivity index (χ4n) is 1.84. The highest BCUT2D eigenvalue weighted by molar-refractivity contribution is 5.64. The van der Waals surface area contributed by atoms with Crippen LogP contribution in [0.3, 0.4) is 0 Å². The minimum absolute atomic E-state index is 0.402. The van der Waals surface area contributed by atoms with Crippen molar-refractivity contribution < 1.29 is 9.47 Å². The van der Waals surface area contributed by atoms with E-state index >= 15 is 0 Å². The third kappa shape index (κ3) is 2.07. The third-order valence-corrected chi connectivity index (χ3v) is 2.70. The van der Waals surface area contributed by atoms with Crippen molar-refractivity contribution in [3.63, 3.8) is 0 Å². The molecule has 0 unspecified atom stereocenters. The van der Waals surface area contributed by atoms with Gasteiger partial charge in [-0.1, -0.05) is 0 Å². The zero-order valence-corrected chi connectivity index (χ0v) is 9.80. The summed E-state index contributed by atoms with van der Waals surface area (Å²) in [7, 11) is 0. The molecule has 2 heterocycles. The molecular weight excluding hydrogens is 230 g/mol. The summed E-state index contributed by atoms with van der Waals surface area (Å²) in [6.07, 6.45) is 4.09. The van der Waals surface area contributed by atoms with Gasteiger partial charge in [0.1, 0.15) is 5.82 Å². The van der Waals surface area contributed by atoms with Crippen LogP contribution >= 0.6 is 0 Å². The molecule has 0 bridgehead atoms. The molecule has 0 spiro atoms. The standard InChI is InChI=1S/C13H13N3O2/c14-13-8-15-7-10(16-13)9-2-3-11-12(6-9)18-5-1-4-17-11/h2-3,6-8H,1,4-5H2,(H2,14,16). The third-order valence-electron chi connectivity index (χ3n) is 2.70. The lowest BCUT2D eigenvalue weighted by Crippen LogP contribution is -1.97. The van der Waals surface area contributed by atoms with Gasteiger partial charge in [0.2, 0.25) is 0 Å². The number of aromatic nitrogens is 2. The van der Waals surface area contributed by atoms with Crippen LogP contribution < -0.4 is 15.2 Å². The van der Waals surface area contributed by atoms with Crippen molar-refractivity contribution >= 4 is 5.82 Å². The lowest BCUT2D eigenvalue weighted by Gasteiger charge is -2.09. The molecule has 1 aromatic carbocycles. The van der Waals surface area contributed by atoms with Crippen LogP contribution in [0.2, 0.25) is 0 Å². The zero-order valence-electron chi connectivity index (χ0n) is 9.80. The van der Waals surface area contributed by atoms with Gasteiger partial charge in [-0.25, -0.2) is 4.98 Å². The maximum Gasteiger partial charge on any atom is 0.161 e. The average Bonchev–Trinajstić information content (AvgIpc) is 2.63. The van der Waals surface area contributed by atoms with Crippen LogP contribution in [0.25, 0.3) is 11.3 Å². The van der Waals surface area contributed by atoms with Gasteiger partial charge in [-0.2, -0.15) is 0 Å². The van der Waals surface area contributed by atoms with E-state index in [1.165, 1.54) is 6.20 Å². The second kappa shape index (κ2) is 4.52. The van der Waals surface area contributed by atoms with Crippen molar-refractivity contribution in [1.82, 2.24) is 9.97 Å². The highest BCUT2D eigenvalue weighted by Gasteiger charge is 2.12. The zero-order chi connectivity index (χ0) is 12.4. The van der Waals surface area contributed by atoms with Gasteiger partial charge < -0.3 is 15.2 Å². The Bertz CT molecular complexity index is 572. The molecule has 0 fully saturated rings. The first-order chi connectivity index (χ1) is 8.83. The Morgan fingerprint density at radius 1 is 1.06 bits per heavy atom. The number of ether oxygens (including phenoxy) is 2. The Morgan fingerprint density at radius 3 is 2.72 bits per heavy atom. The number of fused-ring (bicyclic) bond motifs is 1. The van der Waals surface area contributed by atoms with Crippen LogP contribution in [0.5, 0.6) is 11.5 Å². The fourth-order valence-corrected chi connectivity index (χ4v) is 1.84. The summed E-state index contributed by atoms with van der Waals surface area (Å²) in [5.41, 5.74) is 7.27. The van der Waals surface area contributed by atoms with E-state index < -0.39 is 0 Å². The lowest BCUT2D eigenvalue weighted by atomic mass is 10.1. The van der Waals surface area contributed by atoms with Crippen LogP contribution in [0, 0.1) is 0 Å². The molecular formula is C13H13N3O2. The minimum Gasteiger partial charge on any atom is -0.490 e. The van der Waals surface area contributed by atoms with E-state index in [0.717, 1.165) is 29.2 Å². The van der Waals surface area contributed by atoms with Gasteiger partial charge in [-0.3, -0.25) is 4.98 Å².